The van der Waals surface area contributed by atoms with Crippen molar-refractivity contribution >= 4 is 5.91 Å². The Morgan fingerprint density at radius 2 is 1.88 bits per heavy atom. The molecule has 0 atom stereocenters. The minimum Gasteiger partial charge on any atom is -0.392 e. The molecule has 1 aromatic carbocycles. The van der Waals surface area contributed by atoms with Crippen LogP contribution in [-0.2, 0) is 16.1 Å². The first-order valence-electron chi connectivity index (χ1n) is 5.24. The van der Waals surface area contributed by atoms with E-state index in [2.05, 4.69) is 5.32 Å². The van der Waals surface area contributed by atoms with E-state index in [1.54, 1.807) is 24.3 Å². The molecular formula is C12H17NO4. The Morgan fingerprint density at radius 1 is 1.29 bits per heavy atom. The Balaban J connectivity index is 2.51. The zero-order valence-electron chi connectivity index (χ0n) is 9.97. The highest BCUT2D eigenvalue weighted by Crippen LogP contribution is 2.04. The maximum Gasteiger partial charge on any atom is 0.251 e. The van der Waals surface area contributed by atoms with Gasteiger partial charge in [0.25, 0.3) is 5.91 Å². The number of carbonyl (C=O) groups excluding carboxylic acids is 1. The van der Waals surface area contributed by atoms with Crippen LogP contribution in [0, 0.1) is 0 Å². The number of methoxy groups -OCH3 is 2. The third kappa shape index (κ3) is 4.14. The molecule has 0 spiro atoms. The van der Waals surface area contributed by atoms with Crippen LogP contribution in [0.1, 0.15) is 15.9 Å². The Kier molecular flexibility index (Phi) is 5.62. The molecule has 1 aromatic rings. The Hall–Kier alpha value is -1.43. The van der Waals surface area contributed by atoms with Crippen molar-refractivity contribution < 1.29 is 19.4 Å². The van der Waals surface area contributed by atoms with Gasteiger partial charge in [-0.1, -0.05) is 12.1 Å². The van der Waals surface area contributed by atoms with E-state index in [0.717, 1.165) is 5.56 Å². The molecule has 1 rings (SSSR count). The minimum absolute atomic E-state index is 0.0304. The molecule has 94 valence electrons. The van der Waals surface area contributed by atoms with Gasteiger partial charge in [0.05, 0.1) is 13.2 Å². The zero-order chi connectivity index (χ0) is 12.7. The highest BCUT2D eigenvalue weighted by atomic mass is 16.7. The van der Waals surface area contributed by atoms with E-state index in [0.29, 0.717) is 5.56 Å². The van der Waals surface area contributed by atoms with Crippen LogP contribution >= 0.6 is 0 Å². The maximum absolute atomic E-state index is 11.7. The summed E-state index contributed by atoms with van der Waals surface area (Å²) in [5, 5.41) is 11.6. The van der Waals surface area contributed by atoms with E-state index in [4.69, 9.17) is 14.6 Å². The summed E-state index contributed by atoms with van der Waals surface area (Å²) in [4.78, 5) is 11.7. The van der Waals surface area contributed by atoms with Crippen molar-refractivity contribution in [3.8, 4) is 0 Å². The number of aliphatic hydroxyl groups is 1. The topological polar surface area (TPSA) is 67.8 Å². The molecule has 5 nitrogen and oxygen atoms in total. The summed E-state index contributed by atoms with van der Waals surface area (Å²) in [5.41, 5.74) is 1.31. The molecule has 0 saturated heterocycles. The van der Waals surface area contributed by atoms with Gasteiger partial charge >= 0.3 is 0 Å². The fourth-order valence-electron chi connectivity index (χ4n) is 1.30. The van der Waals surface area contributed by atoms with Crippen LogP contribution < -0.4 is 5.32 Å². The van der Waals surface area contributed by atoms with Gasteiger partial charge in [0.1, 0.15) is 0 Å². The lowest BCUT2D eigenvalue weighted by Gasteiger charge is -2.14. The van der Waals surface area contributed by atoms with Gasteiger partial charge in [-0.25, -0.2) is 0 Å². The summed E-state index contributed by atoms with van der Waals surface area (Å²) in [6, 6.07) is 6.74. The second kappa shape index (κ2) is 7.01. The molecule has 2 N–H and O–H groups in total. The lowest BCUT2D eigenvalue weighted by Crippen LogP contribution is -2.34. The van der Waals surface area contributed by atoms with Gasteiger partial charge in [0.2, 0.25) is 0 Å². The van der Waals surface area contributed by atoms with Crippen LogP contribution in [0.15, 0.2) is 24.3 Å². The SMILES string of the molecule is COC(CNC(=O)c1ccc(CO)cc1)OC. The van der Waals surface area contributed by atoms with Crippen LogP contribution in [0.2, 0.25) is 0 Å². The Bertz CT molecular complexity index is 346. The second-order valence-corrected chi connectivity index (χ2v) is 3.47. The van der Waals surface area contributed by atoms with Crippen molar-refractivity contribution in [3.63, 3.8) is 0 Å². The first-order valence-corrected chi connectivity index (χ1v) is 5.24. The molecule has 5 heteroatoms. The predicted octanol–water partition coefficient (Wildman–Crippen LogP) is 0.528. The van der Waals surface area contributed by atoms with Gasteiger partial charge in [0.15, 0.2) is 6.29 Å². The molecule has 0 radical (unpaired) electrons. The van der Waals surface area contributed by atoms with E-state index in [9.17, 15) is 4.79 Å². The van der Waals surface area contributed by atoms with Crippen LogP contribution in [0.25, 0.3) is 0 Å². The van der Waals surface area contributed by atoms with Crippen LogP contribution in [0.3, 0.4) is 0 Å². The molecule has 0 aliphatic rings. The smallest absolute Gasteiger partial charge is 0.251 e. The molecular weight excluding hydrogens is 222 g/mol. The average Bonchev–Trinajstić information content (AvgIpc) is 2.39. The number of amides is 1. The first kappa shape index (κ1) is 13.6. The van der Waals surface area contributed by atoms with Gasteiger partial charge in [-0.2, -0.15) is 0 Å². The van der Waals surface area contributed by atoms with Gasteiger partial charge in [-0.05, 0) is 17.7 Å². The van der Waals surface area contributed by atoms with Crippen molar-refractivity contribution in [2.45, 2.75) is 12.9 Å². The molecule has 0 aromatic heterocycles. The van der Waals surface area contributed by atoms with Crippen molar-refractivity contribution in [2.24, 2.45) is 0 Å². The fourth-order valence-corrected chi connectivity index (χ4v) is 1.30. The predicted molar refractivity (Wildman–Crippen MR) is 62.5 cm³/mol. The quantitative estimate of drug-likeness (QED) is 0.710. The number of nitrogens with one attached hydrogen (secondary N) is 1. The van der Waals surface area contributed by atoms with E-state index < -0.39 is 6.29 Å². The molecule has 0 unspecified atom stereocenters. The first-order chi connectivity index (χ1) is 8.21. The standard InChI is InChI=1S/C12H17NO4/c1-16-11(17-2)7-13-12(15)10-5-3-9(8-14)4-6-10/h3-6,11,14H,7-8H2,1-2H3,(H,13,15). The van der Waals surface area contributed by atoms with Crippen LogP contribution in [-0.4, -0.2) is 38.1 Å². The third-order valence-electron chi connectivity index (χ3n) is 2.35. The largest absolute Gasteiger partial charge is 0.392 e. The van der Waals surface area contributed by atoms with Crippen LogP contribution in [0.5, 0.6) is 0 Å². The van der Waals surface area contributed by atoms with Crippen molar-refractivity contribution in [3.05, 3.63) is 35.4 Å². The Morgan fingerprint density at radius 3 is 2.35 bits per heavy atom. The molecule has 17 heavy (non-hydrogen) atoms. The number of benzene rings is 1. The molecule has 1 amide bonds. The lowest BCUT2D eigenvalue weighted by molar-refractivity contribution is -0.0974. The average molecular weight is 239 g/mol. The van der Waals surface area contributed by atoms with Crippen LogP contribution in [0.4, 0.5) is 0 Å². The molecule has 0 saturated carbocycles. The number of hydrogen-bond acceptors (Lipinski definition) is 4. The number of rotatable bonds is 6. The van der Waals surface area contributed by atoms with E-state index in [-0.39, 0.29) is 19.1 Å². The third-order valence-corrected chi connectivity index (χ3v) is 2.35. The minimum atomic E-state index is -0.448. The molecule has 0 aliphatic carbocycles. The fraction of sp³-hybridized carbons (Fsp3) is 0.417. The molecule has 0 aliphatic heterocycles. The molecule has 0 fully saturated rings. The van der Waals surface area contributed by atoms with Gasteiger partial charge in [-0.3, -0.25) is 4.79 Å². The number of ether oxygens (including phenoxy) is 2. The van der Waals surface area contributed by atoms with Gasteiger partial charge in [0, 0.05) is 19.8 Å². The summed E-state index contributed by atoms with van der Waals surface area (Å²) in [6.45, 7) is 0.255. The monoisotopic (exact) mass is 239 g/mol. The lowest BCUT2D eigenvalue weighted by atomic mass is 10.1. The second-order valence-electron chi connectivity index (χ2n) is 3.47. The highest BCUT2D eigenvalue weighted by Gasteiger charge is 2.09. The summed E-state index contributed by atoms with van der Waals surface area (Å²) < 4.78 is 9.90. The summed E-state index contributed by atoms with van der Waals surface area (Å²) in [5.74, 6) is -0.200. The van der Waals surface area contributed by atoms with Crippen molar-refractivity contribution in [2.75, 3.05) is 20.8 Å². The van der Waals surface area contributed by atoms with E-state index in [1.807, 2.05) is 0 Å². The Labute approximate surface area is 100 Å². The van der Waals surface area contributed by atoms with E-state index in [1.165, 1.54) is 14.2 Å². The highest BCUT2D eigenvalue weighted by molar-refractivity contribution is 5.94. The number of hydrogen-bond donors (Lipinski definition) is 2. The normalized spacial score (nSPS) is 10.6. The summed E-state index contributed by atoms with van der Waals surface area (Å²) >= 11 is 0. The van der Waals surface area contributed by atoms with Gasteiger partial charge < -0.3 is 19.9 Å². The molecule has 0 heterocycles. The van der Waals surface area contributed by atoms with Gasteiger partial charge in [-0.15, -0.1) is 0 Å². The van der Waals surface area contributed by atoms with E-state index >= 15 is 0 Å². The maximum atomic E-state index is 11.7. The molecule has 0 bridgehead atoms. The number of aliphatic hydroxyl groups excluding tert-OH is 1. The number of carbonyl (C=O) groups is 1. The summed E-state index contributed by atoms with van der Waals surface area (Å²) in [6.07, 6.45) is -0.448. The summed E-state index contributed by atoms with van der Waals surface area (Å²) in [7, 11) is 3.02. The van der Waals surface area contributed by atoms with Crippen molar-refractivity contribution in [1.82, 2.24) is 5.32 Å². The van der Waals surface area contributed by atoms with Crippen molar-refractivity contribution in [1.29, 1.82) is 0 Å². The zero-order valence-corrected chi connectivity index (χ0v) is 9.97.